The van der Waals surface area contributed by atoms with Gasteiger partial charge in [0, 0.05) is 31.0 Å². The lowest BCUT2D eigenvalue weighted by Crippen LogP contribution is -2.45. The molecule has 246 valence electrons. The second-order valence-electron chi connectivity index (χ2n) is 12.0. The van der Waals surface area contributed by atoms with E-state index in [1.54, 1.807) is 0 Å². The average molecular weight is 613 g/mol. The lowest BCUT2D eigenvalue weighted by Gasteiger charge is -2.28. The van der Waals surface area contributed by atoms with E-state index in [1.165, 1.54) is 73.0 Å². The summed E-state index contributed by atoms with van der Waals surface area (Å²) in [5, 5.41) is 11.0. The molecule has 4 rings (SSSR count). The number of nitrogens with one attached hydrogen (secondary N) is 3. The standard InChI is InChI=1S/C16H21N5.C13H19N.C10H20/c1-3-13(2)19-21-11-5-10-20(21)12-15-8-7-14-6-4-9-17-16(14)18-15;1-4-7-11(3)14-13-9-6-8-12(5-2)10-13;1-4-5-6-7-8-9-10(2)3/h1,7-8,19H,2,4-6,9-12H2,(H,17,18);6-10,14H,4-5H2,1-3H3;2,4-9H2,1,3H3/b;11-7-;. The van der Waals surface area contributed by atoms with Crippen molar-refractivity contribution in [3.63, 3.8) is 0 Å². The van der Waals surface area contributed by atoms with E-state index in [2.05, 4.69) is 117 Å². The van der Waals surface area contributed by atoms with Gasteiger partial charge in [0.05, 0.1) is 17.9 Å². The summed E-state index contributed by atoms with van der Waals surface area (Å²) in [6.45, 7) is 22.2. The Labute approximate surface area is 275 Å². The molecule has 2 aromatic rings. The van der Waals surface area contributed by atoms with Gasteiger partial charge in [-0.3, -0.25) is 5.43 Å². The first-order valence-corrected chi connectivity index (χ1v) is 17.1. The first kappa shape index (κ1) is 37.7. The van der Waals surface area contributed by atoms with Gasteiger partial charge in [-0.2, -0.15) is 5.12 Å². The highest BCUT2D eigenvalue weighted by Crippen LogP contribution is 2.21. The number of fused-ring (bicyclic) bond motifs is 1. The summed E-state index contributed by atoms with van der Waals surface area (Å²) in [5.74, 6) is 3.56. The molecule has 0 atom stereocenters. The summed E-state index contributed by atoms with van der Waals surface area (Å²) in [4.78, 5) is 4.74. The van der Waals surface area contributed by atoms with E-state index in [-0.39, 0.29) is 0 Å². The molecular formula is C39H60N6. The molecule has 2 aliphatic heterocycles. The van der Waals surface area contributed by atoms with Gasteiger partial charge in [0.1, 0.15) is 5.82 Å². The third-order valence-corrected chi connectivity index (χ3v) is 7.76. The van der Waals surface area contributed by atoms with Gasteiger partial charge in [0.15, 0.2) is 0 Å². The predicted octanol–water partition coefficient (Wildman–Crippen LogP) is 9.41. The van der Waals surface area contributed by atoms with Crippen molar-refractivity contribution < 1.29 is 0 Å². The fourth-order valence-electron chi connectivity index (χ4n) is 5.27. The van der Waals surface area contributed by atoms with Crippen molar-refractivity contribution in [2.45, 2.75) is 112 Å². The van der Waals surface area contributed by atoms with Crippen LogP contribution in [0.4, 0.5) is 11.5 Å². The fourth-order valence-corrected chi connectivity index (χ4v) is 5.27. The van der Waals surface area contributed by atoms with E-state index < -0.39 is 0 Å². The molecule has 1 aromatic heterocycles. The van der Waals surface area contributed by atoms with Gasteiger partial charge in [-0.15, -0.1) is 13.0 Å². The van der Waals surface area contributed by atoms with Crippen LogP contribution in [-0.2, 0) is 19.4 Å². The molecule has 3 heterocycles. The van der Waals surface area contributed by atoms with Gasteiger partial charge in [0.2, 0.25) is 0 Å². The summed E-state index contributed by atoms with van der Waals surface area (Å²) in [7, 11) is 0. The Balaban J connectivity index is 0.000000256. The van der Waals surface area contributed by atoms with Crippen LogP contribution in [-0.4, -0.2) is 34.7 Å². The molecule has 1 fully saturated rings. The van der Waals surface area contributed by atoms with Crippen LogP contribution in [0.2, 0.25) is 0 Å². The maximum Gasteiger partial charge on any atom is 0.129 e. The molecule has 0 aliphatic carbocycles. The number of unbranched alkanes of at least 4 members (excludes halogenated alkanes) is 4. The number of allylic oxidation sites excluding steroid dienone is 4. The predicted molar refractivity (Wildman–Crippen MR) is 196 cm³/mol. The van der Waals surface area contributed by atoms with Crippen molar-refractivity contribution in [2.75, 3.05) is 30.3 Å². The Hall–Kier alpha value is -3.53. The number of hydrogen-bond acceptors (Lipinski definition) is 6. The molecule has 0 amide bonds. The fraction of sp³-hybridized carbons (Fsp3) is 0.513. The Kier molecular flexibility index (Phi) is 18.5. The lowest BCUT2D eigenvalue weighted by molar-refractivity contribution is -0.0184. The van der Waals surface area contributed by atoms with Crippen LogP contribution >= 0.6 is 0 Å². The molecule has 45 heavy (non-hydrogen) atoms. The van der Waals surface area contributed by atoms with Gasteiger partial charge >= 0.3 is 0 Å². The average Bonchev–Trinajstić information content (AvgIpc) is 3.47. The number of aryl methyl sites for hydroxylation is 2. The number of hydrazine groups is 2. The number of pyridine rings is 1. The Morgan fingerprint density at radius 2 is 1.84 bits per heavy atom. The van der Waals surface area contributed by atoms with Crippen molar-refractivity contribution >= 4 is 11.5 Å². The van der Waals surface area contributed by atoms with Crippen molar-refractivity contribution in [1.82, 2.24) is 20.5 Å². The molecule has 0 spiro atoms. The summed E-state index contributed by atoms with van der Waals surface area (Å²) < 4.78 is 0. The number of nitrogens with zero attached hydrogens (tertiary/aromatic N) is 3. The normalized spacial score (nSPS) is 14.4. The number of rotatable bonds is 14. The molecule has 6 nitrogen and oxygen atoms in total. The number of hydrogen-bond donors (Lipinski definition) is 3. The molecule has 0 bridgehead atoms. The molecule has 0 unspecified atom stereocenters. The molecular weight excluding hydrogens is 552 g/mol. The largest absolute Gasteiger partial charge is 0.370 e. The highest BCUT2D eigenvalue weighted by atomic mass is 15.8. The van der Waals surface area contributed by atoms with E-state index in [4.69, 9.17) is 11.4 Å². The second-order valence-corrected chi connectivity index (χ2v) is 12.0. The van der Waals surface area contributed by atoms with E-state index in [1.807, 2.05) is 5.12 Å². The third-order valence-electron chi connectivity index (χ3n) is 7.76. The zero-order valence-electron chi connectivity index (χ0n) is 29.0. The maximum atomic E-state index is 5.35. The monoisotopic (exact) mass is 612 g/mol. The van der Waals surface area contributed by atoms with E-state index >= 15 is 0 Å². The van der Waals surface area contributed by atoms with Gasteiger partial charge in [-0.05, 0) is 88.1 Å². The zero-order chi connectivity index (χ0) is 32.9. The second kappa shape index (κ2) is 22.1. The van der Waals surface area contributed by atoms with E-state index in [0.29, 0.717) is 5.70 Å². The third kappa shape index (κ3) is 15.3. The number of benzene rings is 1. The highest BCUT2D eigenvalue weighted by Gasteiger charge is 2.23. The topological polar surface area (TPSA) is 55.5 Å². The van der Waals surface area contributed by atoms with Crippen LogP contribution in [0.3, 0.4) is 0 Å². The lowest BCUT2D eigenvalue weighted by atomic mass is 10.1. The minimum absolute atomic E-state index is 0.585. The van der Waals surface area contributed by atoms with Crippen molar-refractivity contribution in [2.24, 2.45) is 0 Å². The molecule has 3 N–H and O–H groups in total. The number of aromatic nitrogens is 1. The maximum absolute atomic E-state index is 5.35. The first-order valence-electron chi connectivity index (χ1n) is 17.1. The first-order chi connectivity index (χ1) is 21.8. The van der Waals surface area contributed by atoms with Gasteiger partial charge in [-0.25, -0.2) is 9.99 Å². The summed E-state index contributed by atoms with van der Waals surface area (Å²) in [5.41, 5.74) is 11.2. The number of anilines is 2. The highest BCUT2D eigenvalue weighted by molar-refractivity contribution is 5.50. The minimum Gasteiger partial charge on any atom is -0.370 e. The van der Waals surface area contributed by atoms with Crippen LogP contribution in [0.15, 0.2) is 72.6 Å². The van der Waals surface area contributed by atoms with Crippen LogP contribution in [0.1, 0.15) is 109 Å². The van der Waals surface area contributed by atoms with Crippen LogP contribution in [0.25, 0.3) is 0 Å². The van der Waals surface area contributed by atoms with Gasteiger partial charge in [-0.1, -0.05) is 88.8 Å². The van der Waals surface area contributed by atoms with Gasteiger partial charge in [0.25, 0.3) is 0 Å². The van der Waals surface area contributed by atoms with E-state index in [0.717, 1.165) is 63.4 Å². The Morgan fingerprint density at radius 1 is 1.04 bits per heavy atom. The molecule has 0 saturated carbocycles. The summed E-state index contributed by atoms with van der Waals surface area (Å²) >= 11 is 0. The smallest absolute Gasteiger partial charge is 0.129 e. The molecule has 6 heteroatoms. The van der Waals surface area contributed by atoms with E-state index in [9.17, 15) is 0 Å². The summed E-state index contributed by atoms with van der Waals surface area (Å²) in [6, 6.07) is 12.9. The Bertz CT molecular complexity index is 1240. The molecule has 0 radical (unpaired) electrons. The molecule has 1 aromatic carbocycles. The van der Waals surface area contributed by atoms with Crippen LogP contribution < -0.4 is 16.1 Å². The summed E-state index contributed by atoms with van der Waals surface area (Å²) in [6.07, 6.45) is 21.2. The van der Waals surface area contributed by atoms with Crippen molar-refractivity contribution in [3.05, 3.63) is 89.4 Å². The number of terminal acetylenes is 1. The van der Waals surface area contributed by atoms with Gasteiger partial charge < -0.3 is 10.6 Å². The molecule has 1 saturated heterocycles. The SMILES string of the molecule is C#CC(=C)NN1CCCN1Cc1ccc2c(n1)NCCC2.C=C(C)CCCCCCC.CC/C=C(/C)Nc1cccc(CC)c1. The Morgan fingerprint density at radius 3 is 2.56 bits per heavy atom. The molecule has 2 aliphatic rings. The van der Waals surface area contributed by atoms with Crippen LogP contribution in [0, 0.1) is 12.3 Å². The minimum atomic E-state index is 0.585. The van der Waals surface area contributed by atoms with Crippen molar-refractivity contribution in [3.8, 4) is 12.3 Å². The van der Waals surface area contributed by atoms with Crippen molar-refractivity contribution in [1.29, 1.82) is 0 Å². The zero-order valence-corrected chi connectivity index (χ0v) is 29.0. The van der Waals surface area contributed by atoms with Crippen LogP contribution in [0.5, 0.6) is 0 Å². The quantitative estimate of drug-likeness (QED) is 0.112.